The van der Waals surface area contributed by atoms with Crippen molar-refractivity contribution in [1.82, 2.24) is 9.78 Å². The minimum Gasteiger partial charge on any atom is -0.364 e. The van der Waals surface area contributed by atoms with E-state index < -0.39 is 0 Å². The number of rotatable bonds is 5. The number of aromatic nitrogens is 2. The quantitative estimate of drug-likeness (QED) is 0.645. The average Bonchev–Trinajstić information content (AvgIpc) is 2.74. The molecule has 1 aliphatic rings. The van der Waals surface area contributed by atoms with E-state index in [1.807, 2.05) is 6.92 Å². The fraction of sp³-hybridized carbons (Fsp3) is 0.750. The Kier molecular flexibility index (Phi) is 3.04. The summed E-state index contributed by atoms with van der Waals surface area (Å²) in [6.45, 7) is 9.45. The molecule has 6 heteroatoms. The Morgan fingerprint density at radius 2 is 2.22 bits per heavy atom. The van der Waals surface area contributed by atoms with E-state index in [1.54, 1.807) is 11.6 Å². The highest BCUT2D eigenvalue weighted by atomic mass is 16.6. The summed E-state index contributed by atoms with van der Waals surface area (Å²) in [6.07, 6.45) is 1.17. The summed E-state index contributed by atoms with van der Waals surface area (Å²) in [7, 11) is 0. The average molecular weight is 252 g/mol. The van der Waals surface area contributed by atoms with Crippen LogP contribution in [0.15, 0.2) is 0 Å². The van der Waals surface area contributed by atoms with Crippen LogP contribution in [-0.4, -0.2) is 21.2 Å². The lowest BCUT2D eigenvalue weighted by Gasteiger charge is -2.08. The molecule has 1 saturated carbocycles. The van der Waals surface area contributed by atoms with Crippen LogP contribution >= 0.6 is 0 Å². The molecule has 0 radical (unpaired) electrons. The molecule has 0 saturated heterocycles. The highest BCUT2D eigenvalue weighted by molar-refractivity contribution is 5.59. The van der Waals surface area contributed by atoms with E-state index in [9.17, 15) is 10.1 Å². The highest BCUT2D eigenvalue weighted by Gasteiger charge is 2.45. The maximum absolute atomic E-state index is 11.1. The number of aryl methyl sites for hydroxylation is 2. The molecular formula is C12H20N4O2. The van der Waals surface area contributed by atoms with Crippen molar-refractivity contribution in [2.45, 2.75) is 40.7 Å². The van der Waals surface area contributed by atoms with Crippen molar-refractivity contribution in [2.24, 2.45) is 11.3 Å². The molecule has 2 rings (SSSR count). The lowest BCUT2D eigenvalue weighted by atomic mass is 10.1. The summed E-state index contributed by atoms with van der Waals surface area (Å²) >= 11 is 0. The van der Waals surface area contributed by atoms with Gasteiger partial charge in [0.15, 0.2) is 0 Å². The molecule has 1 N–H and O–H groups in total. The smallest absolute Gasteiger partial charge is 0.333 e. The molecule has 18 heavy (non-hydrogen) atoms. The first-order valence-corrected chi connectivity index (χ1v) is 6.32. The van der Waals surface area contributed by atoms with Crippen molar-refractivity contribution in [3.05, 3.63) is 15.8 Å². The second kappa shape index (κ2) is 4.26. The van der Waals surface area contributed by atoms with Gasteiger partial charge in [-0.2, -0.15) is 5.10 Å². The molecule has 100 valence electrons. The Labute approximate surface area is 107 Å². The zero-order chi connectivity index (χ0) is 13.5. The van der Waals surface area contributed by atoms with Crippen molar-refractivity contribution in [3.63, 3.8) is 0 Å². The van der Waals surface area contributed by atoms with Gasteiger partial charge in [0, 0.05) is 13.1 Å². The zero-order valence-corrected chi connectivity index (χ0v) is 11.4. The first-order chi connectivity index (χ1) is 8.36. The summed E-state index contributed by atoms with van der Waals surface area (Å²) in [5, 5.41) is 18.5. The minimum absolute atomic E-state index is 0.107. The lowest BCUT2D eigenvalue weighted by Crippen LogP contribution is -2.12. The Morgan fingerprint density at radius 3 is 2.67 bits per heavy atom. The van der Waals surface area contributed by atoms with Gasteiger partial charge < -0.3 is 5.32 Å². The van der Waals surface area contributed by atoms with Gasteiger partial charge >= 0.3 is 5.69 Å². The summed E-state index contributed by atoms with van der Waals surface area (Å²) in [4.78, 5) is 10.7. The Hall–Kier alpha value is -1.59. The van der Waals surface area contributed by atoms with Crippen molar-refractivity contribution in [3.8, 4) is 0 Å². The van der Waals surface area contributed by atoms with E-state index in [1.165, 1.54) is 6.42 Å². The molecule has 6 nitrogen and oxygen atoms in total. The topological polar surface area (TPSA) is 73.0 Å². The zero-order valence-electron chi connectivity index (χ0n) is 11.4. The molecule has 0 amide bonds. The van der Waals surface area contributed by atoms with Gasteiger partial charge in [-0.15, -0.1) is 0 Å². The normalized spacial score (nSPS) is 20.8. The summed E-state index contributed by atoms with van der Waals surface area (Å²) < 4.78 is 1.67. The predicted molar refractivity (Wildman–Crippen MR) is 69.7 cm³/mol. The number of nitrogens with one attached hydrogen (secondary N) is 1. The molecule has 1 aromatic rings. The van der Waals surface area contributed by atoms with Gasteiger partial charge in [0.2, 0.25) is 5.82 Å². The Balaban J connectivity index is 2.17. The van der Waals surface area contributed by atoms with Crippen LogP contribution in [0.1, 0.15) is 32.9 Å². The van der Waals surface area contributed by atoms with E-state index in [-0.39, 0.29) is 10.6 Å². The number of nitrogens with zero attached hydrogens (tertiary/aromatic N) is 3. The van der Waals surface area contributed by atoms with Gasteiger partial charge in [-0.25, -0.2) is 4.68 Å². The lowest BCUT2D eigenvalue weighted by molar-refractivity contribution is -0.384. The third-order valence-electron chi connectivity index (χ3n) is 3.81. The molecule has 0 spiro atoms. The number of hydrogen-bond acceptors (Lipinski definition) is 4. The van der Waals surface area contributed by atoms with Gasteiger partial charge in [0.1, 0.15) is 5.69 Å². The molecule has 1 fully saturated rings. The second-order valence-electron chi connectivity index (χ2n) is 5.63. The first kappa shape index (κ1) is 12.9. The second-order valence-corrected chi connectivity index (χ2v) is 5.63. The van der Waals surface area contributed by atoms with Crippen LogP contribution in [0.25, 0.3) is 0 Å². The molecule has 1 atom stereocenters. The highest BCUT2D eigenvalue weighted by Crippen LogP contribution is 2.51. The Morgan fingerprint density at radius 1 is 1.61 bits per heavy atom. The van der Waals surface area contributed by atoms with Gasteiger partial charge in [0.05, 0.1) is 4.92 Å². The fourth-order valence-electron chi connectivity index (χ4n) is 2.34. The van der Waals surface area contributed by atoms with Gasteiger partial charge in [-0.05, 0) is 31.6 Å². The van der Waals surface area contributed by atoms with Crippen LogP contribution in [0.5, 0.6) is 0 Å². The number of hydrogen-bond donors (Lipinski definition) is 1. The molecule has 1 unspecified atom stereocenters. The summed E-state index contributed by atoms with van der Waals surface area (Å²) in [5.41, 5.74) is 0.947. The predicted octanol–water partition coefficient (Wildman–Crippen LogP) is 2.58. The van der Waals surface area contributed by atoms with Gasteiger partial charge in [-0.3, -0.25) is 10.1 Å². The van der Waals surface area contributed by atoms with Crippen molar-refractivity contribution in [2.75, 3.05) is 11.9 Å². The maximum atomic E-state index is 11.1. The summed E-state index contributed by atoms with van der Waals surface area (Å²) in [5.74, 6) is 1.14. The van der Waals surface area contributed by atoms with Gasteiger partial charge in [-0.1, -0.05) is 13.8 Å². The third-order valence-corrected chi connectivity index (χ3v) is 3.81. The van der Waals surface area contributed by atoms with E-state index in [0.29, 0.717) is 29.4 Å². The van der Waals surface area contributed by atoms with E-state index in [0.717, 1.165) is 6.54 Å². The SMILES string of the molecule is CCn1nc(C)c([N+](=O)[O-])c1NCC1CC1(C)C. The van der Waals surface area contributed by atoms with Gasteiger partial charge in [0.25, 0.3) is 0 Å². The van der Waals surface area contributed by atoms with E-state index in [4.69, 9.17) is 0 Å². The molecule has 0 aromatic carbocycles. The fourth-order valence-corrected chi connectivity index (χ4v) is 2.34. The van der Waals surface area contributed by atoms with Crippen LogP contribution in [0.4, 0.5) is 11.5 Å². The van der Waals surface area contributed by atoms with Crippen LogP contribution in [0, 0.1) is 28.4 Å². The largest absolute Gasteiger partial charge is 0.364 e. The van der Waals surface area contributed by atoms with Crippen LogP contribution in [-0.2, 0) is 6.54 Å². The third kappa shape index (κ3) is 2.19. The molecule has 1 aliphatic carbocycles. The van der Waals surface area contributed by atoms with Crippen LogP contribution < -0.4 is 5.32 Å². The monoisotopic (exact) mass is 252 g/mol. The van der Waals surface area contributed by atoms with Crippen molar-refractivity contribution >= 4 is 11.5 Å². The Bertz CT molecular complexity index is 479. The van der Waals surface area contributed by atoms with Crippen molar-refractivity contribution < 1.29 is 4.92 Å². The van der Waals surface area contributed by atoms with E-state index >= 15 is 0 Å². The maximum Gasteiger partial charge on any atom is 0.333 e. The van der Waals surface area contributed by atoms with Crippen LogP contribution in [0.2, 0.25) is 0 Å². The molecular weight excluding hydrogens is 232 g/mol. The van der Waals surface area contributed by atoms with Crippen LogP contribution in [0.3, 0.4) is 0 Å². The number of nitro groups is 1. The number of anilines is 1. The standard InChI is InChI=1S/C12H20N4O2/c1-5-15-11(10(16(17)18)8(2)14-15)13-7-9-6-12(9,3)4/h9,13H,5-7H2,1-4H3. The first-order valence-electron chi connectivity index (χ1n) is 6.32. The van der Waals surface area contributed by atoms with Crippen molar-refractivity contribution in [1.29, 1.82) is 0 Å². The molecule has 1 heterocycles. The molecule has 1 aromatic heterocycles. The minimum atomic E-state index is -0.352. The molecule has 0 aliphatic heterocycles. The summed E-state index contributed by atoms with van der Waals surface area (Å²) in [6, 6.07) is 0. The molecule has 0 bridgehead atoms. The van der Waals surface area contributed by atoms with E-state index in [2.05, 4.69) is 24.3 Å².